The third-order valence-corrected chi connectivity index (χ3v) is 13.0. The number of hydrogen-bond donors (Lipinski definition) is 0. The third-order valence-electron chi connectivity index (χ3n) is 11.7. The Morgan fingerprint density at radius 3 is 2.21 bits per heavy atom. The number of hydrogen-bond acceptors (Lipinski definition) is 1. The number of thiophene rings is 1. The van der Waals surface area contributed by atoms with Gasteiger partial charge in [-0.05, 0) is 118 Å². The summed E-state index contributed by atoms with van der Waals surface area (Å²) in [6, 6.07) is 59.0. The van der Waals surface area contributed by atoms with Crippen molar-refractivity contribution in [2.45, 2.75) is 31.6 Å². The molecule has 0 fully saturated rings. The van der Waals surface area contributed by atoms with Gasteiger partial charge in [0.15, 0.2) is 0 Å². The number of aromatic nitrogens is 1. The first-order chi connectivity index (χ1) is 26.3. The Bertz CT molecular complexity index is 2900. The highest BCUT2D eigenvalue weighted by molar-refractivity contribution is 7.19. The molecule has 0 bridgehead atoms. The van der Waals surface area contributed by atoms with E-state index in [9.17, 15) is 0 Å². The number of aryl methyl sites for hydroxylation is 2. The van der Waals surface area contributed by atoms with Crippen LogP contribution in [0.3, 0.4) is 0 Å². The molecule has 0 N–H and O–H groups in total. The topological polar surface area (TPSA) is 4.93 Å². The normalized spacial score (nSPS) is 15.0. The number of rotatable bonds is 4. The van der Waals surface area contributed by atoms with Crippen molar-refractivity contribution in [1.82, 2.24) is 4.57 Å². The predicted molar refractivity (Wildman–Crippen MR) is 226 cm³/mol. The average Bonchev–Trinajstić information content (AvgIpc) is 3.72. The SMILES string of the molecule is C1=Cc2c(sc3c(C4CCc5ccc(-c6ccc7c(c6)c6ccccc6n7-c6cccc(-c7ccccc7)c6)cc5-c5ccccc54)cccc23)CC1. The highest BCUT2D eigenvalue weighted by Gasteiger charge is 2.27. The summed E-state index contributed by atoms with van der Waals surface area (Å²) < 4.78 is 3.91. The Morgan fingerprint density at radius 2 is 1.25 bits per heavy atom. The smallest absolute Gasteiger partial charge is 0.0541 e. The van der Waals surface area contributed by atoms with Crippen LogP contribution in [-0.4, -0.2) is 4.57 Å². The van der Waals surface area contributed by atoms with Crippen LogP contribution in [0, 0.1) is 0 Å². The molecule has 0 spiro atoms. The number of allylic oxidation sites excluding steroid dienone is 1. The van der Waals surface area contributed by atoms with Crippen LogP contribution in [0.15, 0.2) is 164 Å². The standard InChI is InChI=1S/C51H37NS/c1-2-12-33(13-3-1)35-14-10-15-38(30-35)52-48-22-8-6-18-42(48)47-32-37(27-29-49(47)52)36-25-24-34-26-28-41(39-16-4-5-17-40(39)46(34)31-36)44-20-11-21-45-43-19-7-9-23-50(43)53-51(44)45/h1-8,10-22,24-25,27,29-32,41H,9,23,26,28H2. The van der Waals surface area contributed by atoms with Crippen LogP contribution in [0.25, 0.3) is 77.0 Å². The molecular formula is C51H37NS. The molecule has 7 aromatic carbocycles. The Kier molecular flexibility index (Phi) is 7.13. The molecule has 2 aliphatic rings. The van der Waals surface area contributed by atoms with E-state index in [4.69, 9.17) is 0 Å². The summed E-state index contributed by atoms with van der Waals surface area (Å²) in [5.74, 6) is 0.359. The van der Waals surface area contributed by atoms with Crippen molar-refractivity contribution < 1.29 is 0 Å². The van der Waals surface area contributed by atoms with Crippen LogP contribution in [0.2, 0.25) is 0 Å². The second kappa shape index (κ2) is 12.3. The zero-order valence-corrected chi connectivity index (χ0v) is 30.2. The van der Waals surface area contributed by atoms with E-state index in [-0.39, 0.29) is 0 Å². The first kappa shape index (κ1) is 30.6. The molecule has 9 aromatic rings. The van der Waals surface area contributed by atoms with E-state index in [1.807, 2.05) is 11.3 Å². The van der Waals surface area contributed by atoms with Crippen molar-refractivity contribution >= 4 is 49.3 Å². The monoisotopic (exact) mass is 695 g/mol. The van der Waals surface area contributed by atoms with Crippen molar-refractivity contribution in [3.8, 4) is 39.1 Å². The van der Waals surface area contributed by atoms with E-state index >= 15 is 0 Å². The highest BCUT2D eigenvalue weighted by Crippen LogP contribution is 2.47. The lowest BCUT2D eigenvalue weighted by Gasteiger charge is -2.19. The molecule has 252 valence electrons. The molecule has 2 heteroatoms. The summed E-state index contributed by atoms with van der Waals surface area (Å²) in [4.78, 5) is 1.55. The molecule has 2 aliphatic carbocycles. The second-order valence-corrected chi connectivity index (χ2v) is 15.8. The fraction of sp³-hybridized carbons (Fsp3) is 0.0980. The van der Waals surface area contributed by atoms with Gasteiger partial charge in [-0.25, -0.2) is 0 Å². The van der Waals surface area contributed by atoms with Gasteiger partial charge in [-0.15, -0.1) is 11.3 Å². The molecule has 1 nitrogen and oxygen atoms in total. The number of nitrogens with zero attached hydrogens (tertiary/aromatic N) is 1. The third kappa shape index (κ3) is 4.97. The number of fused-ring (bicyclic) bond motifs is 9. The zero-order chi connectivity index (χ0) is 34.9. The lowest BCUT2D eigenvalue weighted by Crippen LogP contribution is -2.02. The van der Waals surface area contributed by atoms with Gasteiger partial charge >= 0.3 is 0 Å². The molecule has 0 saturated carbocycles. The van der Waals surface area contributed by atoms with Crippen LogP contribution >= 0.6 is 11.3 Å². The Balaban J connectivity index is 1.02. The average molecular weight is 696 g/mol. The van der Waals surface area contributed by atoms with E-state index in [1.54, 1.807) is 4.88 Å². The van der Waals surface area contributed by atoms with Crippen molar-refractivity contribution in [2.24, 2.45) is 0 Å². The van der Waals surface area contributed by atoms with Gasteiger partial charge in [-0.1, -0.05) is 133 Å². The van der Waals surface area contributed by atoms with Crippen LogP contribution in [-0.2, 0) is 12.8 Å². The summed E-state index contributed by atoms with van der Waals surface area (Å²) in [6.07, 6.45) is 9.18. The largest absolute Gasteiger partial charge is 0.309 e. The molecule has 2 aromatic heterocycles. The van der Waals surface area contributed by atoms with Crippen LogP contribution in [0.4, 0.5) is 0 Å². The Labute approximate surface area is 314 Å². The zero-order valence-electron chi connectivity index (χ0n) is 29.4. The second-order valence-electron chi connectivity index (χ2n) is 14.7. The van der Waals surface area contributed by atoms with E-state index in [2.05, 4.69) is 174 Å². The fourth-order valence-electron chi connectivity index (χ4n) is 9.20. The van der Waals surface area contributed by atoms with E-state index in [0.29, 0.717) is 5.92 Å². The molecular weight excluding hydrogens is 659 g/mol. The van der Waals surface area contributed by atoms with E-state index in [0.717, 1.165) is 25.7 Å². The summed E-state index contributed by atoms with van der Waals surface area (Å²) in [5, 5.41) is 3.98. The van der Waals surface area contributed by atoms with Crippen molar-refractivity contribution in [3.63, 3.8) is 0 Å². The first-order valence-electron chi connectivity index (χ1n) is 18.9. The number of para-hydroxylation sites is 1. The lowest BCUT2D eigenvalue weighted by atomic mass is 9.85. The maximum Gasteiger partial charge on any atom is 0.0541 e. The van der Waals surface area contributed by atoms with Gasteiger partial charge in [0.25, 0.3) is 0 Å². The van der Waals surface area contributed by atoms with E-state index in [1.165, 1.54) is 93.2 Å². The van der Waals surface area contributed by atoms with Crippen molar-refractivity contribution in [2.75, 3.05) is 0 Å². The summed E-state index contributed by atoms with van der Waals surface area (Å²) >= 11 is 2.03. The van der Waals surface area contributed by atoms with Gasteiger partial charge in [0.2, 0.25) is 0 Å². The van der Waals surface area contributed by atoms with Crippen molar-refractivity contribution in [3.05, 3.63) is 191 Å². The maximum absolute atomic E-state index is 2.47. The molecule has 0 saturated heterocycles. The van der Waals surface area contributed by atoms with Crippen LogP contribution < -0.4 is 0 Å². The quantitative estimate of drug-likeness (QED) is 0.173. The Hall–Kier alpha value is -5.96. The molecule has 0 amide bonds. The van der Waals surface area contributed by atoms with E-state index < -0.39 is 0 Å². The summed E-state index contributed by atoms with van der Waals surface area (Å²) in [6.45, 7) is 0. The maximum atomic E-state index is 2.47. The molecule has 11 rings (SSSR count). The highest BCUT2D eigenvalue weighted by atomic mass is 32.1. The number of benzene rings is 7. The minimum atomic E-state index is 0.359. The van der Waals surface area contributed by atoms with Gasteiger partial charge in [0.1, 0.15) is 0 Å². The Morgan fingerprint density at radius 1 is 0.509 bits per heavy atom. The molecule has 0 radical (unpaired) electrons. The molecule has 1 atom stereocenters. The molecule has 2 heterocycles. The molecule has 1 unspecified atom stereocenters. The van der Waals surface area contributed by atoms with Crippen LogP contribution in [0.1, 0.15) is 45.9 Å². The van der Waals surface area contributed by atoms with Crippen molar-refractivity contribution in [1.29, 1.82) is 0 Å². The van der Waals surface area contributed by atoms with Gasteiger partial charge in [-0.3, -0.25) is 0 Å². The lowest BCUT2D eigenvalue weighted by molar-refractivity contribution is 0.731. The first-order valence-corrected chi connectivity index (χ1v) is 19.7. The summed E-state index contributed by atoms with van der Waals surface area (Å²) in [5.41, 5.74) is 17.2. The minimum absolute atomic E-state index is 0.359. The molecule has 53 heavy (non-hydrogen) atoms. The fourth-order valence-corrected chi connectivity index (χ4v) is 10.6. The van der Waals surface area contributed by atoms with Gasteiger partial charge in [0.05, 0.1) is 11.0 Å². The van der Waals surface area contributed by atoms with Gasteiger partial charge in [-0.2, -0.15) is 0 Å². The molecule has 0 aliphatic heterocycles. The summed E-state index contributed by atoms with van der Waals surface area (Å²) in [7, 11) is 0. The predicted octanol–water partition coefficient (Wildman–Crippen LogP) is 14.0. The van der Waals surface area contributed by atoms with Crippen LogP contribution in [0.5, 0.6) is 0 Å². The van der Waals surface area contributed by atoms with Gasteiger partial charge in [0, 0.05) is 37.3 Å². The minimum Gasteiger partial charge on any atom is -0.309 e. The van der Waals surface area contributed by atoms with Gasteiger partial charge < -0.3 is 4.57 Å².